The zero-order chi connectivity index (χ0) is 9.84. The SMILES string of the molecule is CNC(=O)c1ncccc1C(C)C. The minimum Gasteiger partial charge on any atom is -0.354 e. The average molecular weight is 178 g/mol. The smallest absolute Gasteiger partial charge is 0.269 e. The van der Waals surface area contributed by atoms with E-state index in [0.29, 0.717) is 11.6 Å². The van der Waals surface area contributed by atoms with E-state index in [4.69, 9.17) is 0 Å². The molecule has 3 heteroatoms. The molecule has 0 atom stereocenters. The first-order chi connectivity index (χ1) is 6.16. The molecule has 0 spiro atoms. The zero-order valence-electron chi connectivity index (χ0n) is 8.16. The van der Waals surface area contributed by atoms with Crippen molar-refractivity contribution >= 4 is 5.91 Å². The molecule has 0 unspecified atom stereocenters. The van der Waals surface area contributed by atoms with Crippen LogP contribution in [0.25, 0.3) is 0 Å². The van der Waals surface area contributed by atoms with Crippen molar-refractivity contribution in [2.24, 2.45) is 0 Å². The Morgan fingerprint density at radius 2 is 2.23 bits per heavy atom. The molecule has 0 aliphatic carbocycles. The van der Waals surface area contributed by atoms with Gasteiger partial charge in [-0.1, -0.05) is 19.9 Å². The largest absolute Gasteiger partial charge is 0.354 e. The number of amides is 1. The second-order valence-electron chi connectivity index (χ2n) is 3.18. The maximum atomic E-state index is 11.4. The molecule has 0 bridgehead atoms. The van der Waals surface area contributed by atoms with Crippen molar-refractivity contribution in [2.75, 3.05) is 7.05 Å². The first-order valence-electron chi connectivity index (χ1n) is 4.33. The van der Waals surface area contributed by atoms with Crippen LogP contribution >= 0.6 is 0 Å². The van der Waals surface area contributed by atoms with E-state index in [-0.39, 0.29) is 5.91 Å². The van der Waals surface area contributed by atoms with Gasteiger partial charge in [-0.15, -0.1) is 0 Å². The second kappa shape index (κ2) is 4.03. The molecule has 0 radical (unpaired) electrons. The molecule has 0 saturated carbocycles. The highest BCUT2D eigenvalue weighted by Gasteiger charge is 2.12. The molecule has 0 aromatic carbocycles. The van der Waals surface area contributed by atoms with Gasteiger partial charge in [0, 0.05) is 13.2 Å². The molecule has 1 amide bonds. The summed E-state index contributed by atoms with van der Waals surface area (Å²) in [6.07, 6.45) is 1.64. The first kappa shape index (κ1) is 9.71. The minimum atomic E-state index is -0.121. The zero-order valence-corrected chi connectivity index (χ0v) is 8.16. The third kappa shape index (κ3) is 2.05. The number of carbonyl (C=O) groups is 1. The molecule has 1 N–H and O–H groups in total. The van der Waals surface area contributed by atoms with E-state index in [9.17, 15) is 4.79 Å². The van der Waals surface area contributed by atoms with E-state index >= 15 is 0 Å². The molecule has 0 fully saturated rings. The molecule has 0 aliphatic heterocycles. The molecular formula is C10H14N2O. The number of pyridine rings is 1. The minimum absolute atomic E-state index is 0.121. The molecule has 70 valence electrons. The average Bonchev–Trinajstić information content (AvgIpc) is 2.16. The number of hydrogen-bond donors (Lipinski definition) is 1. The number of carbonyl (C=O) groups excluding carboxylic acids is 1. The summed E-state index contributed by atoms with van der Waals surface area (Å²) in [5.74, 6) is 0.199. The lowest BCUT2D eigenvalue weighted by Crippen LogP contribution is -2.21. The fraction of sp³-hybridized carbons (Fsp3) is 0.400. The number of nitrogens with zero attached hydrogens (tertiary/aromatic N) is 1. The topological polar surface area (TPSA) is 42.0 Å². The lowest BCUT2D eigenvalue weighted by atomic mass is 10.0. The quantitative estimate of drug-likeness (QED) is 0.746. The van der Waals surface area contributed by atoms with Crippen molar-refractivity contribution in [3.05, 3.63) is 29.6 Å². The van der Waals surface area contributed by atoms with Gasteiger partial charge in [0.1, 0.15) is 5.69 Å². The Balaban J connectivity index is 3.12. The standard InChI is InChI=1S/C10H14N2O/c1-7(2)8-5-4-6-12-9(8)10(13)11-3/h4-7H,1-3H3,(H,11,13). The van der Waals surface area contributed by atoms with Gasteiger partial charge in [0.05, 0.1) is 0 Å². The third-order valence-corrected chi connectivity index (χ3v) is 1.90. The highest BCUT2D eigenvalue weighted by molar-refractivity contribution is 5.93. The normalized spacial score (nSPS) is 10.2. The van der Waals surface area contributed by atoms with Gasteiger partial charge in [0.25, 0.3) is 5.91 Å². The summed E-state index contributed by atoms with van der Waals surface area (Å²) < 4.78 is 0. The van der Waals surface area contributed by atoms with Gasteiger partial charge < -0.3 is 5.32 Å². The Morgan fingerprint density at radius 1 is 1.54 bits per heavy atom. The molecule has 1 aromatic rings. The lowest BCUT2D eigenvalue weighted by Gasteiger charge is -2.09. The summed E-state index contributed by atoms with van der Waals surface area (Å²) in [4.78, 5) is 15.4. The summed E-state index contributed by atoms with van der Waals surface area (Å²) in [5, 5.41) is 2.58. The van der Waals surface area contributed by atoms with Crippen LogP contribution in [-0.4, -0.2) is 17.9 Å². The number of aromatic nitrogens is 1. The van der Waals surface area contributed by atoms with Gasteiger partial charge in [0.15, 0.2) is 0 Å². The van der Waals surface area contributed by atoms with Crippen LogP contribution in [0.4, 0.5) is 0 Å². The molecule has 1 heterocycles. The number of nitrogens with one attached hydrogen (secondary N) is 1. The summed E-state index contributed by atoms with van der Waals surface area (Å²) in [5.41, 5.74) is 1.52. The summed E-state index contributed by atoms with van der Waals surface area (Å²) in [6, 6.07) is 3.78. The summed E-state index contributed by atoms with van der Waals surface area (Å²) in [7, 11) is 1.61. The molecule has 3 nitrogen and oxygen atoms in total. The van der Waals surface area contributed by atoms with Crippen LogP contribution in [0.5, 0.6) is 0 Å². The van der Waals surface area contributed by atoms with Gasteiger partial charge in [0.2, 0.25) is 0 Å². The van der Waals surface area contributed by atoms with E-state index in [1.54, 1.807) is 13.2 Å². The Hall–Kier alpha value is -1.38. The fourth-order valence-electron chi connectivity index (χ4n) is 1.19. The predicted octanol–water partition coefficient (Wildman–Crippen LogP) is 1.56. The van der Waals surface area contributed by atoms with Gasteiger partial charge in [-0.2, -0.15) is 0 Å². The maximum absolute atomic E-state index is 11.4. The lowest BCUT2D eigenvalue weighted by molar-refractivity contribution is 0.0957. The van der Waals surface area contributed by atoms with Crippen molar-refractivity contribution in [3.63, 3.8) is 0 Å². The van der Waals surface area contributed by atoms with E-state index in [0.717, 1.165) is 5.56 Å². The summed E-state index contributed by atoms with van der Waals surface area (Å²) >= 11 is 0. The maximum Gasteiger partial charge on any atom is 0.269 e. The number of rotatable bonds is 2. The van der Waals surface area contributed by atoms with Crippen molar-refractivity contribution < 1.29 is 4.79 Å². The van der Waals surface area contributed by atoms with Crippen molar-refractivity contribution in [1.29, 1.82) is 0 Å². The van der Waals surface area contributed by atoms with Crippen LogP contribution in [-0.2, 0) is 0 Å². The highest BCUT2D eigenvalue weighted by Crippen LogP contribution is 2.16. The van der Waals surface area contributed by atoms with Crippen LogP contribution in [0.1, 0.15) is 35.8 Å². The Bertz CT molecular complexity index is 308. The van der Waals surface area contributed by atoms with Gasteiger partial charge in [-0.3, -0.25) is 9.78 Å². The predicted molar refractivity (Wildman–Crippen MR) is 51.7 cm³/mol. The molecular weight excluding hydrogens is 164 g/mol. The molecule has 13 heavy (non-hydrogen) atoms. The Kier molecular flexibility index (Phi) is 3.01. The Labute approximate surface area is 78.2 Å². The van der Waals surface area contributed by atoms with E-state index < -0.39 is 0 Å². The monoisotopic (exact) mass is 178 g/mol. The van der Waals surface area contributed by atoms with Crippen LogP contribution < -0.4 is 5.32 Å². The molecule has 1 aromatic heterocycles. The van der Waals surface area contributed by atoms with Gasteiger partial charge in [-0.25, -0.2) is 0 Å². The first-order valence-corrected chi connectivity index (χ1v) is 4.33. The van der Waals surface area contributed by atoms with Gasteiger partial charge >= 0.3 is 0 Å². The molecule has 1 rings (SSSR count). The van der Waals surface area contributed by atoms with Crippen LogP contribution in [0, 0.1) is 0 Å². The Morgan fingerprint density at radius 3 is 2.77 bits per heavy atom. The van der Waals surface area contributed by atoms with Crippen LogP contribution in [0.2, 0.25) is 0 Å². The van der Waals surface area contributed by atoms with Gasteiger partial charge in [-0.05, 0) is 17.5 Å². The highest BCUT2D eigenvalue weighted by atomic mass is 16.1. The van der Waals surface area contributed by atoms with Crippen LogP contribution in [0.3, 0.4) is 0 Å². The summed E-state index contributed by atoms with van der Waals surface area (Å²) in [6.45, 7) is 4.09. The molecule has 0 aliphatic rings. The van der Waals surface area contributed by atoms with Crippen molar-refractivity contribution in [1.82, 2.24) is 10.3 Å². The van der Waals surface area contributed by atoms with Crippen molar-refractivity contribution in [2.45, 2.75) is 19.8 Å². The van der Waals surface area contributed by atoms with Crippen molar-refractivity contribution in [3.8, 4) is 0 Å². The fourth-order valence-corrected chi connectivity index (χ4v) is 1.19. The van der Waals surface area contributed by atoms with Crippen LogP contribution in [0.15, 0.2) is 18.3 Å². The van der Waals surface area contributed by atoms with E-state index in [2.05, 4.69) is 10.3 Å². The number of hydrogen-bond acceptors (Lipinski definition) is 2. The second-order valence-corrected chi connectivity index (χ2v) is 3.18. The third-order valence-electron chi connectivity index (χ3n) is 1.90. The van der Waals surface area contributed by atoms with E-state index in [1.165, 1.54) is 0 Å². The van der Waals surface area contributed by atoms with E-state index in [1.807, 2.05) is 26.0 Å². The molecule has 0 saturated heterocycles.